The second-order valence-electron chi connectivity index (χ2n) is 5.08. The Bertz CT molecular complexity index is 852. The van der Waals surface area contributed by atoms with Crippen LogP contribution in [-0.4, -0.2) is 32.3 Å². The molecular formula is C16H14ClF2NO4S. The van der Waals surface area contributed by atoms with Crippen molar-refractivity contribution >= 4 is 27.6 Å². The predicted octanol–water partition coefficient (Wildman–Crippen LogP) is 2.98. The van der Waals surface area contributed by atoms with Crippen molar-refractivity contribution in [3.05, 3.63) is 64.7 Å². The van der Waals surface area contributed by atoms with E-state index in [9.17, 15) is 22.0 Å². The van der Waals surface area contributed by atoms with Gasteiger partial charge in [0.2, 0.25) is 10.0 Å². The highest BCUT2D eigenvalue weighted by atomic mass is 35.5. The van der Waals surface area contributed by atoms with E-state index in [0.717, 1.165) is 28.6 Å². The molecule has 5 nitrogen and oxygen atoms in total. The van der Waals surface area contributed by atoms with Crippen molar-refractivity contribution in [3.63, 3.8) is 0 Å². The normalized spacial score (nSPS) is 11.6. The van der Waals surface area contributed by atoms with Crippen LogP contribution >= 0.6 is 11.6 Å². The maximum absolute atomic E-state index is 13.6. The van der Waals surface area contributed by atoms with E-state index >= 15 is 0 Å². The fourth-order valence-electron chi connectivity index (χ4n) is 1.92. The van der Waals surface area contributed by atoms with E-state index in [0.29, 0.717) is 0 Å². The van der Waals surface area contributed by atoms with E-state index in [1.807, 2.05) is 0 Å². The molecule has 0 unspecified atom stereocenters. The summed E-state index contributed by atoms with van der Waals surface area (Å²) in [6.45, 7) is -1.01. The van der Waals surface area contributed by atoms with Crippen molar-refractivity contribution in [1.82, 2.24) is 4.31 Å². The first kappa shape index (κ1) is 19.3. The van der Waals surface area contributed by atoms with E-state index in [-0.39, 0.29) is 15.5 Å². The molecule has 0 saturated carbocycles. The summed E-state index contributed by atoms with van der Waals surface area (Å²) in [6, 6.07) is 8.20. The number of carbonyl (C=O) groups excluding carboxylic acids is 1. The molecule has 0 amide bonds. The lowest BCUT2D eigenvalue weighted by Crippen LogP contribution is -2.33. The number of benzene rings is 2. The fourth-order valence-corrected chi connectivity index (χ4v) is 3.25. The van der Waals surface area contributed by atoms with Crippen LogP contribution in [0.3, 0.4) is 0 Å². The number of sulfonamides is 1. The van der Waals surface area contributed by atoms with Crippen LogP contribution in [0.2, 0.25) is 5.02 Å². The van der Waals surface area contributed by atoms with Gasteiger partial charge in [0.25, 0.3) is 0 Å². The van der Waals surface area contributed by atoms with Crippen molar-refractivity contribution in [2.24, 2.45) is 0 Å². The quantitative estimate of drug-likeness (QED) is 0.712. The fraction of sp³-hybridized carbons (Fsp3) is 0.188. The third-order valence-corrected chi connectivity index (χ3v) is 5.48. The molecule has 0 aliphatic heterocycles. The number of carbonyl (C=O) groups is 1. The standard InChI is InChI=1S/C16H14ClF2NO4S/c1-20(25(22,23)12-7-5-11(18)6-8-12)9-16(21)24-10-13-14(17)3-2-4-15(13)19/h2-8H,9-10H2,1H3. The van der Waals surface area contributed by atoms with Crippen LogP contribution < -0.4 is 0 Å². The summed E-state index contributed by atoms with van der Waals surface area (Å²) >= 11 is 5.82. The number of likely N-dealkylation sites (N-methyl/N-ethyl adjacent to an activating group) is 1. The topological polar surface area (TPSA) is 63.7 Å². The van der Waals surface area contributed by atoms with E-state index in [2.05, 4.69) is 0 Å². The van der Waals surface area contributed by atoms with Gasteiger partial charge in [-0.15, -0.1) is 0 Å². The van der Waals surface area contributed by atoms with Crippen molar-refractivity contribution in [2.45, 2.75) is 11.5 Å². The van der Waals surface area contributed by atoms with Gasteiger partial charge in [-0.3, -0.25) is 4.79 Å². The summed E-state index contributed by atoms with van der Waals surface area (Å²) < 4.78 is 56.7. The summed E-state index contributed by atoms with van der Waals surface area (Å²) in [4.78, 5) is 11.7. The van der Waals surface area contributed by atoms with Gasteiger partial charge in [0.1, 0.15) is 24.8 Å². The number of hydrogen-bond donors (Lipinski definition) is 0. The Morgan fingerprint density at radius 3 is 2.40 bits per heavy atom. The van der Waals surface area contributed by atoms with Crippen molar-refractivity contribution in [1.29, 1.82) is 0 Å². The second-order valence-corrected chi connectivity index (χ2v) is 7.53. The number of hydrogen-bond acceptors (Lipinski definition) is 4. The molecule has 25 heavy (non-hydrogen) atoms. The van der Waals surface area contributed by atoms with Crippen LogP contribution in [0, 0.1) is 11.6 Å². The summed E-state index contributed by atoms with van der Waals surface area (Å²) in [7, 11) is -2.81. The van der Waals surface area contributed by atoms with Crippen LogP contribution in [-0.2, 0) is 26.2 Å². The molecule has 0 aliphatic carbocycles. The van der Waals surface area contributed by atoms with E-state index in [4.69, 9.17) is 16.3 Å². The highest BCUT2D eigenvalue weighted by Crippen LogP contribution is 2.20. The Hall–Kier alpha value is -2.03. The first-order valence-corrected chi connectivity index (χ1v) is 8.84. The Labute approximate surface area is 148 Å². The molecule has 0 heterocycles. The molecule has 0 saturated heterocycles. The van der Waals surface area contributed by atoms with Crippen molar-refractivity contribution in [2.75, 3.05) is 13.6 Å². The van der Waals surface area contributed by atoms with E-state index in [1.165, 1.54) is 25.2 Å². The predicted molar refractivity (Wildman–Crippen MR) is 87.4 cm³/mol. The molecule has 2 aromatic carbocycles. The molecule has 0 bridgehead atoms. The van der Waals surface area contributed by atoms with E-state index in [1.54, 1.807) is 0 Å². The van der Waals surface area contributed by atoms with Crippen LogP contribution in [0.5, 0.6) is 0 Å². The molecule has 0 spiro atoms. The Morgan fingerprint density at radius 1 is 1.16 bits per heavy atom. The highest BCUT2D eigenvalue weighted by molar-refractivity contribution is 7.89. The lowest BCUT2D eigenvalue weighted by Gasteiger charge is -2.16. The average molecular weight is 390 g/mol. The molecule has 0 aliphatic rings. The highest BCUT2D eigenvalue weighted by Gasteiger charge is 2.24. The number of ether oxygens (including phenoxy) is 1. The van der Waals surface area contributed by atoms with Gasteiger partial charge in [0.05, 0.1) is 9.92 Å². The second kappa shape index (κ2) is 7.90. The van der Waals surface area contributed by atoms with Gasteiger partial charge in [-0.1, -0.05) is 17.7 Å². The Morgan fingerprint density at radius 2 is 1.80 bits per heavy atom. The smallest absolute Gasteiger partial charge is 0.321 e. The zero-order chi connectivity index (χ0) is 18.6. The third-order valence-electron chi connectivity index (χ3n) is 3.31. The zero-order valence-corrected chi connectivity index (χ0v) is 14.7. The maximum atomic E-state index is 13.6. The molecule has 0 radical (unpaired) electrons. The molecule has 2 aromatic rings. The zero-order valence-electron chi connectivity index (χ0n) is 13.1. The Kier molecular flexibility index (Phi) is 6.10. The molecule has 9 heteroatoms. The third kappa shape index (κ3) is 4.75. The minimum absolute atomic E-state index is 0.00145. The molecule has 2 rings (SSSR count). The number of rotatable bonds is 6. The molecular weight excluding hydrogens is 376 g/mol. The van der Waals surface area contributed by atoms with Crippen molar-refractivity contribution < 1.29 is 26.7 Å². The van der Waals surface area contributed by atoms with Crippen LogP contribution in [0.4, 0.5) is 8.78 Å². The maximum Gasteiger partial charge on any atom is 0.321 e. The SMILES string of the molecule is CN(CC(=O)OCc1c(F)cccc1Cl)S(=O)(=O)c1ccc(F)cc1. The van der Waals surface area contributed by atoms with Gasteiger partial charge in [0, 0.05) is 12.6 Å². The van der Waals surface area contributed by atoms with Crippen LogP contribution in [0.25, 0.3) is 0 Å². The minimum Gasteiger partial charge on any atom is -0.460 e. The molecule has 0 atom stereocenters. The lowest BCUT2D eigenvalue weighted by atomic mass is 10.2. The average Bonchev–Trinajstić information content (AvgIpc) is 2.54. The van der Waals surface area contributed by atoms with Crippen LogP contribution in [0.15, 0.2) is 47.4 Å². The largest absolute Gasteiger partial charge is 0.460 e. The molecule has 0 fully saturated rings. The summed E-state index contributed by atoms with van der Waals surface area (Å²) in [5, 5.41) is 0.0973. The van der Waals surface area contributed by atoms with Crippen LogP contribution in [0.1, 0.15) is 5.56 Å². The first-order chi connectivity index (χ1) is 11.7. The van der Waals surface area contributed by atoms with Gasteiger partial charge in [-0.25, -0.2) is 17.2 Å². The number of halogens is 3. The van der Waals surface area contributed by atoms with Crippen molar-refractivity contribution in [3.8, 4) is 0 Å². The summed E-state index contributed by atoms with van der Waals surface area (Å²) in [5.74, 6) is -2.09. The number of nitrogens with zero attached hydrogens (tertiary/aromatic N) is 1. The monoisotopic (exact) mass is 389 g/mol. The summed E-state index contributed by atoms with van der Waals surface area (Å²) in [5.41, 5.74) is 0.00145. The van der Waals surface area contributed by atoms with E-state index < -0.39 is 40.8 Å². The van der Waals surface area contributed by atoms with Gasteiger partial charge >= 0.3 is 5.97 Å². The van der Waals surface area contributed by atoms with Gasteiger partial charge < -0.3 is 4.74 Å². The molecule has 134 valence electrons. The minimum atomic E-state index is -3.98. The first-order valence-electron chi connectivity index (χ1n) is 7.02. The van der Waals surface area contributed by atoms with Gasteiger partial charge in [-0.05, 0) is 36.4 Å². The summed E-state index contributed by atoms with van der Waals surface area (Å²) in [6.07, 6.45) is 0. The molecule has 0 aromatic heterocycles. The van der Waals surface area contributed by atoms with Gasteiger partial charge in [-0.2, -0.15) is 4.31 Å². The Balaban J connectivity index is 2.01. The lowest BCUT2D eigenvalue weighted by molar-refractivity contribution is -0.145. The van der Waals surface area contributed by atoms with Gasteiger partial charge in [0.15, 0.2) is 0 Å². The number of esters is 1. The molecule has 0 N–H and O–H groups in total.